The van der Waals surface area contributed by atoms with Crippen molar-refractivity contribution >= 4 is 10.9 Å². The summed E-state index contributed by atoms with van der Waals surface area (Å²) in [7, 11) is 3.38. The van der Waals surface area contributed by atoms with E-state index in [0.29, 0.717) is 0 Å². The number of para-hydroxylation sites is 1. The maximum atomic E-state index is 5.50. The van der Waals surface area contributed by atoms with Gasteiger partial charge in [0, 0.05) is 23.1 Å². The summed E-state index contributed by atoms with van der Waals surface area (Å²) in [5.41, 5.74) is 5.18. The summed E-state index contributed by atoms with van der Waals surface area (Å²) in [4.78, 5) is 3.37. The first kappa shape index (κ1) is 15.1. The van der Waals surface area contributed by atoms with Crippen LogP contribution in [0.1, 0.15) is 22.7 Å². The first-order valence-corrected chi connectivity index (χ1v) is 8.33. The summed E-state index contributed by atoms with van der Waals surface area (Å²) in [6.07, 6.45) is 4.09. The summed E-state index contributed by atoms with van der Waals surface area (Å²) in [5, 5.41) is 4.95. The van der Waals surface area contributed by atoms with Crippen molar-refractivity contribution < 1.29 is 9.47 Å². The second-order valence-electron chi connectivity index (χ2n) is 6.23. The van der Waals surface area contributed by atoms with Gasteiger partial charge in [0.05, 0.1) is 14.2 Å². The van der Waals surface area contributed by atoms with E-state index in [-0.39, 0.29) is 6.04 Å². The molecule has 2 aromatic carbocycles. The van der Waals surface area contributed by atoms with Crippen LogP contribution in [0, 0.1) is 0 Å². The van der Waals surface area contributed by atoms with Crippen molar-refractivity contribution in [2.24, 2.45) is 0 Å². The van der Waals surface area contributed by atoms with E-state index in [1.54, 1.807) is 14.2 Å². The van der Waals surface area contributed by atoms with E-state index in [4.69, 9.17) is 9.47 Å². The SMILES string of the molecule is COc1cc2c(cc1OC)[C@@H](Cc1c[nH]c3ccccc13)NCC2. The van der Waals surface area contributed by atoms with Crippen LogP contribution in [0.3, 0.4) is 0 Å². The Morgan fingerprint density at radius 1 is 1.08 bits per heavy atom. The zero-order valence-electron chi connectivity index (χ0n) is 14.1. The maximum absolute atomic E-state index is 5.50. The predicted molar refractivity (Wildman–Crippen MR) is 96.0 cm³/mol. The molecule has 4 heteroatoms. The third-order valence-electron chi connectivity index (χ3n) is 4.90. The second-order valence-corrected chi connectivity index (χ2v) is 6.23. The number of fused-ring (bicyclic) bond motifs is 2. The van der Waals surface area contributed by atoms with Crippen molar-refractivity contribution in [3.05, 3.63) is 59.3 Å². The molecule has 4 rings (SSSR count). The molecule has 3 aromatic rings. The Labute approximate surface area is 141 Å². The second kappa shape index (κ2) is 6.21. The van der Waals surface area contributed by atoms with Crippen molar-refractivity contribution in [3.8, 4) is 11.5 Å². The Kier molecular flexibility index (Phi) is 3.90. The van der Waals surface area contributed by atoms with Gasteiger partial charge < -0.3 is 19.8 Å². The van der Waals surface area contributed by atoms with Gasteiger partial charge in [0.25, 0.3) is 0 Å². The van der Waals surface area contributed by atoms with Gasteiger partial charge in [-0.05, 0) is 54.3 Å². The third kappa shape index (κ3) is 2.53. The van der Waals surface area contributed by atoms with E-state index in [0.717, 1.165) is 30.9 Å². The smallest absolute Gasteiger partial charge is 0.161 e. The molecule has 1 aromatic heterocycles. The number of ether oxygens (including phenoxy) is 2. The van der Waals surface area contributed by atoms with Crippen molar-refractivity contribution in [1.82, 2.24) is 10.3 Å². The Morgan fingerprint density at radius 2 is 1.88 bits per heavy atom. The summed E-state index contributed by atoms with van der Waals surface area (Å²) in [6, 6.07) is 13.0. The van der Waals surface area contributed by atoms with Gasteiger partial charge in [-0.2, -0.15) is 0 Å². The Morgan fingerprint density at radius 3 is 2.71 bits per heavy atom. The van der Waals surface area contributed by atoms with Crippen LogP contribution in [0.15, 0.2) is 42.6 Å². The summed E-state index contributed by atoms with van der Waals surface area (Å²) in [5.74, 6) is 1.60. The molecule has 1 atom stereocenters. The van der Waals surface area contributed by atoms with Crippen LogP contribution < -0.4 is 14.8 Å². The van der Waals surface area contributed by atoms with E-state index >= 15 is 0 Å². The van der Waals surface area contributed by atoms with Crippen molar-refractivity contribution in [2.45, 2.75) is 18.9 Å². The minimum atomic E-state index is 0.285. The predicted octanol–water partition coefficient (Wildman–Crippen LogP) is 3.61. The highest BCUT2D eigenvalue weighted by Gasteiger charge is 2.23. The molecule has 0 unspecified atom stereocenters. The molecule has 124 valence electrons. The Balaban J connectivity index is 1.71. The van der Waals surface area contributed by atoms with Crippen LogP contribution in [-0.2, 0) is 12.8 Å². The minimum absolute atomic E-state index is 0.285. The van der Waals surface area contributed by atoms with E-state index in [1.807, 2.05) is 0 Å². The zero-order chi connectivity index (χ0) is 16.5. The average molecular weight is 322 g/mol. The number of benzene rings is 2. The normalized spacial score (nSPS) is 16.8. The first-order valence-electron chi connectivity index (χ1n) is 8.33. The molecular formula is C20H22N2O2. The molecule has 4 nitrogen and oxygen atoms in total. The number of rotatable bonds is 4. The number of aromatic nitrogens is 1. The fourth-order valence-electron chi connectivity index (χ4n) is 3.67. The fraction of sp³-hybridized carbons (Fsp3) is 0.300. The molecule has 0 spiro atoms. The molecule has 1 aliphatic heterocycles. The van der Waals surface area contributed by atoms with Crippen molar-refractivity contribution in [2.75, 3.05) is 20.8 Å². The molecule has 1 aliphatic rings. The van der Waals surface area contributed by atoms with Gasteiger partial charge in [0.2, 0.25) is 0 Å². The summed E-state index contributed by atoms with van der Waals surface area (Å²) >= 11 is 0. The van der Waals surface area contributed by atoms with Gasteiger partial charge in [0.15, 0.2) is 11.5 Å². The van der Waals surface area contributed by atoms with Crippen molar-refractivity contribution in [3.63, 3.8) is 0 Å². The molecule has 2 heterocycles. The molecule has 0 bridgehead atoms. The fourth-order valence-corrected chi connectivity index (χ4v) is 3.67. The Bertz CT molecular complexity index is 869. The van der Waals surface area contributed by atoms with Gasteiger partial charge in [-0.3, -0.25) is 0 Å². The van der Waals surface area contributed by atoms with Gasteiger partial charge in [-0.25, -0.2) is 0 Å². The van der Waals surface area contributed by atoms with Crippen LogP contribution >= 0.6 is 0 Å². The molecule has 0 radical (unpaired) electrons. The zero-order valence-corrected chi connectivity index (χ0v) is 14.1. The minimum Gasteiger partial charge on any atom is -0.493 e. The number of aromatic amines is 1. The van der Waals surface area contributed by atoms with Crippen LogP contribution in [0.5, 0.6) is 11.5 Å². The van der Waals surface area contributed by atoms with Gasteiger partial charge in [-0.15, -0.1) is 0 Å². The highest BCUT2D eigenvalue weighted by molar-refractivity contribution is 5.83. The van der Waals surface area contributed by atoms with Crippen LogP contribution in [-0.4, -0.2) is 25.7 Å². The third-order valence-corrected chi connectivity index (χ3v) is 4.90. The summed E-state index contributed by atoms with van der Waals surface area (Å²) in [6.45, 7) is 0.982. The van der Waals surface area contributed by atoms with Gasteiger partial charge in [-0.1, -0.05) is 18.2 Å². The molecular weight excluding hydrogens is 300 g/mol. The van der Waals surface area contributed by atoms with E-state index < -0.39 is 0 Å². The van der Waals surface area contributed by atoms with E-state index in [1.165, 1.54) is 27.6 Å². The average Bonchev–Trinajstić information content (AvgIpc) is 3.04. The molecule has 0 aliphatic carbocycles. The molecule has 0 saturated carbocycles. The lowest BCUT2D eigenvalue weighted by Crippen LogP contribution is -2.31. The number of hydrogen-bond donors (Lipinski definition) is 2. The quantitative estimate of drug-likeness (QED) is 0.771. The van der Waals surface area contributed by atoms with Crippen LogP contribution in [0.25, 0.3) is 10.9 Å². The molecule has 0 saturated heterocycles. The highest BCUT2D eigenvalue weighted by Crippen LogP contribution is 2.36. The Hall–Kier alpha value is -2.46. The topological polar surface area (TPSA) is 46.3 Å². The first-order chi connectivity index (χ1) is 11.8. The van der Waals surface area contributed by atoms with Crippen LogP contribution in [0.4, 0.5) is 0 Å². The lowest BCUT2D eigenvalue weighted by Gasteiger charge is -2.28. The van der Waals surface area contributed by atoms with Gasteiger partial charge in [0.1, 0.15) is 0 Å². The number of methoxy groups -OCH3 is 2. The molecule has 0 amide bonds. The van der Waals surface area contributed by atoms with Crippen LogP contribution in [0.2, 0.25) is 0 Å². The van der Waals surface area contributed by atoms with Crippen molar-refractivity contribution in [1.29, 1.82) is 0 Å². The lowest BCUT2D eigenvalue weighted by molar-refractivity contribution is 0.352. The number of nitrogens with one attached hydrogen (secondary N) is 2. The largest absolute Gasteiger partial charge is 0.493 e. The van der Waals surface area contributed by atoms with E-state index in [2.05, 4.69) is 52.9 Å². The number of hydrogen-bond acceptors (Lipinski definition) is 3. The number of H-pyrrole nitrogens is 1. The van der Waals surface area contributed by atoms with Gasteiger partial charge >= 0.3 is 0 Å². The lowest BCUT2D eigenvalue weighted by atomic mass is 9.89. The monoisotopic (exact) mass is 322 g/mol. The van der Waals surface area contributed by atoms with E-state index in [9.17, 15) is 0 Å². The maximum Gasteiger partial charge on any atom is 0.161 e. The molecule has 0 fully saturated rings. The standard InChI is InChI=1S/C20H22N2O2/c1-23-19-10-13-7-8-21-18(16(13)11-20(19)24-2)9-14-12-22-17-6-4-3-5-15(14)17/h3-6,10-12,18,21-22H,7-9H2,1-2H3/t18-/m1/s1. The molecule has 2 N–H and O–H groups in total. The summed E-state index contributed by atoms with van der Waals surface area (Å²) < 4.78 is 10.9. The highest BCUT2D eigenvalue weighted by atomic mass is 16.5. The molecule has 24 heavy (non-hydrogen) atoms.